The number of aliphatic carboxylic acids is 2. The third-order valence-electron chi connectivity index (χ3n) is 8.87. The second-order valence-electron chi connectivity index (χ2n) is 12.5. The Morgan fingerprint density at radius 1 is 0.830 bits per heavy atom. The first kappa shape index (κ1) is 37.2. The molecule has 2 aromatic rings. The summed E-state index contributed by atoms with van der Waals surface area (Å²) in [6, 6.07) is 14.5. The zero-order valence-corrected chi connectivity index (χ0v) is 27.6. The molecule has 3 rings (SSSR count). The highest BCUT2D eigenvalue weighted by atomic mass is 16.4. The van der Waals surface area contributed by atoms with Gasteiger partial charge in [0, 0.05) is 36.2 Å². The van der Waals surface area contributed by atoms with Gasteiger partial charge in [0.25, 0.3) is 11.8 Å². The zero-order valence-electron chi connectivity index (χ0n) is 27.6. The highest BCUT2D eigenvalue weighted by Crippen LogP contribution is 2.30. The van der Waals surface area contributed by atoms with E-state index in [1.807, 2.05) is 44.2 Å². The van der Waals surface area contributed by atoms with Gasteiger partial charge >= 0.3 is 11.9 Å². The van der Waals surface area contributed by atoms with Crippen molar-refractivity contribution >= 4 is 29.7 Å². The van der Waals surface area contributed by atoms with Gasteiger partial charge < -0.3 is 30.9 Å². The number of aliphatic hydroxyl groups is 1. The van der Waals surface area contributed by atoms with E-state index in [9.17, 15) is 39.3 Å². The van der Waals surface area contributed by atoms with Crippen LogP contribution in [0.25, 0.3) is 0 Å². The van der Waals surface area contributed by atoms with Crippen LogP contribution in [0.15, 0.2) is 54.6 Å². The van der Waals surface area contributed by atoms with Crippen molar-refractivity contribution < 1.29 is 39.3 Å². The Bertz CT molecular complexity index is 1340. The molecule has 1 aliphatic rings. The molecule has 0 saturated heterocycles. The summed E-state index contributed by atoms with van der Waals surface area (Å²) in [7, 11) is 0. The van der Waals surface area contributed by atoms with Crippen LogP contribution >= 0.6 is 0 Å². The molecule has 11 nitrogen and oxygen atoms in total. The fraction of sp³-hybridized carbons (Fsp3) is 0.528. The topological polar surface area (TPSA) is 173 Å². The Labute approximate surface area is 276 Å². The largest absolute Gasteiger partial charge is 0.481 e. The fourth-order valence-electron chi connectivity index (χ4n) is 6.31. The maximum atomic E-state index is 13.5. The Hall–Kier alpha value is -4.25. The monoisotopic (exact) mass is 651 g/mol. The summed E-state index contributed by atoms with van der Waals surface area (Å²) in [6.45, 7) is 7.03. The third-order valence-corrected chi connectivity index (χ3v) is 8.87. The average Bonchev–Trinajstić information content (AvgIpc) is 3.06. The Kier molecular flexibility index (Phi) is 14.4. The maximum Gasteiger partial charge on any atom is 0.306 e. The van der Waals surface area contributed by atoms with Gasteiger partial charge in [-0.3, -0.25) is 24.0 Å². The van der Waals surface area contributed by atoms with Gasteiger partial charge in [-0.25, -0.2) is 0 Å². The lowest BCUT2D eigenvalue weighted by molar-refractivity contribution is -0.149. The number of benzene rings is 2. The number of carbonyl (C=O) groups excluding carboxylic acids is 3. The van der Waals surface area contributed by atoms with E-state index in [-0.39, 0.29) is 43.6 Å². The van der Waals surface area contributed by atoms with Gasteiger partial charge in [0.1, 0.15) is 0 Å². The Morgan fingerprint density at radius 3 is 1.98 bits per heavy atom. The van der Waals surface area contributed by atoms with Gasteiger partial charge in [-0.05, 0) is 75.1 Å². The number of hydrogen-bond donors (Lipinski definition) is 5. The summed E-state index contributed by atoms with van der Waals surface area (Å²) < 4.78 is 0. The maximum absolute atomic E-state index is 13.5. The zero-order chi connectivity index (χ0) is 34.5. The molecule has 256 valence electrons. The number of aliphatic hydroxyl groups excluding tert-OH is 1. The van der Waals surface area contributed by atoms with Crippen LogP contribution in [-0.2, 0) is 20.8 Å². The van der Waals surface area contributed by atoms with Crippen molar-refractivity contribution in [2.24, 2.45) is 17.8 Å². The third kappa shape index (κ3) is 10.9. The van der Waals surface area contributed by atoms with Crippen LogP contribution in [0.1, 0.15) is 92.0 Å². The summed E-state index contributed by atoms with van der Waals surface area (Å²) in [6.07, 6.45) is 1.44. The predicted octanol–water partition coefficient (Wildman–Crippen LogP) is 4.14. The number of amides is 3. The summed E-state index contributed by atoms with van der Waals surface area (Å²) in [5.41, 5.74) is 1.55. The van der Waals surface area contributed by atoms with Gasteiger partial charge in [-0.2, -0.15) is 0 Å². The molecule has 0 heterocycles. The molecule has 47 heavy (non-hydrogen) atoms. The molecule has 1 aliphatic carbocycles. The molecule has 11 heteroatoms. The quantitative estimate of drug-likeness (QED) is 0.170. The molecule has 0 bridgehead atoms. The second-order valence-corrected chi connectivity index (χ2v) is 12.5. The van der Waals surface area contributed by atoms with Gasteiger partial charge in [-0.15, -0.1) is 0 Å². The molecule has 0 aromatic heterocycles. The van der Waals surface area contributed by atoms with Gasteiger partial charge in [-0.1, -0.05) is 57.2 Å². The van der Waals surface area contributed by atoms with Crippen molar-refractivity contribution in [1.29, 1.82) is 0 Å². The first-order valence-corrected chi connectivity index (χ1v) is 16.6. The minimum atomic E-state index is -1.13. The molecule has 0 radical (unpaired) electrons. The normalized spacial score (nSPS) is 19.5. The van der Waals surface area contributed by atoms with Crippen LogP contribution < -0.4 is 10.6 Å². The Morgan fingerprint density at radius 2 is 1.43 bits per heavy atom. The van der Waals surface area contributed by atoms with Crippen LogP contribution in [0.5, 0.6) is 0 Å². The van der Waals surface area contributed by atoms with Crippen molar-refractivity contribution in [2.75, 3.05) is 13.1 Å². The van der Waals surface area contributed by atoms with E-state index < -0.39 is 59.7 Å². The second kappa shape index (κ2) is 18.2. The van der Waals surface area contributed by atoms with E-state index in [1.165, 1.54) is 0 Å². The van der Waals surface area contributed by atoms with Gasteiger partial charge in [0.2, 0.25) is 5.91 Å². The summed E-state index contributed by atoms with van der Waals surface area (Å²) >= 11 is 0. The number of carboxylic acid groups (broad SMARTS) is 2. The van der Waals surface area contributed by atoms with Crippen LogP contribution in [-0.4, -0.2) is 81.2 Å². The molecule has 5 atom stereocenters. The van der Waals surface area contributed by atoms with E-state index in [0.717, 1.165) is 18.4 Å². The van der Waals surface area contributed by atoms with Crippen LogP contribution in [0.4, 0.5) is 0 Å². The lowest BCUT2D eigenvalue weighted by Crippen LogP contribution is -2.48. The van der Waals surface area contributed by atoms with E-state index in [4.69, 9.17) is 0 Å². The number of nitrogens with one attached hydrogen (secondary N) is 2. The molecule has 3 unspecified atom stereocenters. The molecule has 0 spiro atoms. The van der Waals surface area contributed by atoms with Crippen molar-refractivity contribution in [3.8, 4) is 0 Å². The molecule has 1 saturated carbocycles. The first-order chi connectivity index (χ1) is 22.5. The van der Waals surface area contributed by atoms with Crippen LogP contribution in [0, 0.1) is 17.8 Å². The molecular formula is C36H49N3O8. The smallest absolute Gasteiger partial charge is 0.306 e. The molecule has 5 N–H and O–H groups in total. The van der Waals surface area contributed by atoms with Crippen LogP contribution in [0.2, 0.25) is 0 Å². The van der Waals surface area contributed by atoms with E-state index >= 15 is 0 Å². The molecule has 1 fully saturated rings. The Balaban J connectivity index is 1.76. The molecule has 0 aliphatic heterocycles. The van der Waals surface area contributed by atoms with Crippen molar-refractivity contribution in [2.45, 2.75) is 90.3 Å². The lowest BCUT2D eigenvalue weighted by Gasteiger charge is -2.33. The van der Waals surface area contributed by atoms with Crippen LogP contribution in [0.3, 0.4) is 0 Å². The van der Waals surface area contributed by atoms with Crippen molar-refractivity contribution in [3.05, 3.63) is 71.3 Å². The summed E-state index contributed by atoms with van der Waals surface area (Å²) in [5, 5.41) is 36.3. The van der Waals surface area contributed by atoms with Gasteiger partial charge in [0.15, 0.2) is 0 Å². The van der Waals surface area contributed by atoms with E-state index in [1.54, 1.807) is 36.1 Å². The van der Waals surface area contributed by atoms with E-state index in [2.05, 4.69) is 10.6 Å². The first-order valence-electron chi connectivity index (χ1n) is 16.6. The number of hydrogen-bond acceptors (Lipinski definition) is 6. The SMILES string of the molecule is CCCN(CCC)C(=O)c1cccc(C(=O)NC(Cc2ccccc2)C(O)CC(CC)C(=O)NC2C[C@@H](C(=O)O)C[C@H](C(=O)O)C2)c1. The summed E-state index contributed by atoms with van der Waals surface area (Å²) in [4.78, 5) is 65.2. The van der Waals surface area contributed by atoms with Crippen molar-refractivity contribution in [3.63, 3.8) is 0 Å². The van der Waals surface area contributed by atoms with E-state index in [0.29, 0.717) is 25.1 Å². The fourth-order valence-corrected chi connectivity index (χ4v) is 6.31. The molecule has 2 aromatic carbocycles. The lowest BCUT2D eigenvalue weighted by atomic mass is 9.78. The summed E-state index contributed by atoms with van der Waals surface area (Å²) in [5.74, 6) is -5.61. The molecular weight excluding hydrogens is 602 g/mol. The standard InChI is InChI=1S/C36H49N3O8/c1-4-15-39(16-5-2)34(43)26-14-10-13-25(18-26)33(42)38-30(17-23-11-8-7-9-12-23)31(40)22-24(6-3)32(41)37-29-20-27(35(44)45)19-28(21-29)36(46)47/h7-14,18,24,27-31,40H,4-6,15-17,19-22H2,1-3H3,(H,37,41)(H,38,42)(H,44,45)(H,46,47)/t24?,27-,28-,30?,31?/m0/s1. The highest BCUT2D eigenvalue weighted by molar-refractivity contribution is 5.99. The predicted molar refractivity (Wildman–Crippen MR) is 177 cm³/mol. The van der Waals surface area contributed by atoms with Crippen molar-refractivity contribution in [1.82, 2.24) is 15.5 Å². The highest BCUT2D eigenvalue weighted by Gasteiger charge is 2.38. The average molecular weight is 652 g/mol. The number of carbonyl (C=O) groups is 5. The minimum Gasteiger partial charge on any atom is -0.481 e. The number of carboxylic acids is 2. The van der Waals surface area contributed by atoms with Gasteiger partial charge in [0.05, 0.1) is 24.0 Å². The number of rotatable bonds is 17. The molecule has 3 amide bonds. The minimum absolute atomic E-state index is 0.0130. The number of nitrogens with zero attached hydrogens (tertiary/aromatic N) is 1.